The fourth-order valence-corrected chi connectivity index (χ4v) is 6.35. The van der Waals surface area contributed by atoms with Crippen LogP contribution in [0.4, 0.5) is 11.4 Å². The number of rotatable bonds is 4. The fraction of sp³-hybridized carbons (Fsp3) is 0.391. The molecule has 0 aliphatic carbocycles. The average molecular weight is 474 g/mol. The van der Waals surface area contributed by atoms with Crippen molar-refractivity contribution in [3.63, 3.8) is 0 Å². The number of aryl methyl sites for hydroxylation is 2. The van der Waals surface area contributed by atoms with Crippen LogP contribution in [0.1, 0.15) is 30.9 Å². The van der Waals surface area contributed by atoms with Crippen molar-refractivity contribution in [2.24, 2.45) is 5.92 Å². The molecule has 32 heavy (non-hydrogen) atoms. The minimum atomic E-state index is -3.70. The van der Waals surface area contributed by atoms with Crippen LogP contribution in [0.25, 0.3) is 0 Å². The maximum absolute atomic E-state index is 13.2. The van der Waals surface area contributed by atoms with E-state index in [-0.39, 0.29) is 41.0 Å². The molecule has 7 nitrogen and oxygen atoms in total. The SMILES string of the molecule is Cc1ccc(NC(=O)C2CCN(S(=O)(=O)c3ccc4c(c3)NC(=O)[C@@H](C)S4)CC2)cc1C. The van der Waals surface area contributed by atoms with E-state index in [1.807, 2.05) is 39.0 Å². The zero-order valence-corrected chi connectivity index (χ0v) is 20.0. The predicted molar refractivity (Wildman–Crippen MR) is 126 cm³/mol. The van der Waals surface area contributed by atoms with Crippen LogP contribution < -0.4 is 10.6 Å². The summed E-state index contributed by atoms with van der Waals surface area (Å²) in [5, 5.41) is 5.53. The number of hydrogen-bond acceptors (Lipinski definition) is 5. The van der Waals surface area contributed by atoms with Gasteiger partial charge in [0.15, 0.2) is 0 Å². The van der Waals surface area contributed by atoms with Crippen LogP contribution in [0.2, 0.25) is 0 Å². The molecule has 0 spiro atoms. The van der Waals surface area contributed by atoms with Crippen LogP contribution >= 0.6 is 11.8 Å². The van der Waals surface area contributed by atoms with Gasteiger partial charge in [0, 0.05) is 29.6 Å². The highest BCUT2D eigenvalue weighted by atomic mass is 32.2. The lowest BCUT2D eigenvalue weighted by Gasteiger charge is -2.31. The van der Waals surface area contributed by atoms with Crippen molar-refractivity contribution in [3.8, 4) is 0 Å². The van der Waals surface area contributed by atoms with Crippen molar-refractivity contribution in [1.82, 2.24) is 4.31 Å². The first-order valence-corrected chi connectivity index (χ1v) is 13.0. The second kappa shape index (κ2) is 8.88. The second-order valence-corrected chi connectivity index (χ2v) is 11.7. The number of amides is 2. The quantitative estimate of drug-likeness (QED) is 0.705. The van der Waals surface area contributed by atoms with Crippen LogP contribution in [-0.2, 0) is 19.6 Å². The van der Waals surface area contributed by atoms with Crippen LogP contribution in [0.5, 0.6) is 0 Å². The molecule has 4 rings (SSSR count). The summed E-state index contributed by atoms with van der Waals surface area (Å²) in [5.74, 6) is -0.440. The second-order valence-electron chi connectivity index (χ2n) is 8.37. The number of fused-ring (bicyclic) bond motifs is 1. The Morgan fingerprint density at radius 3 is 2.50 bits per heavy atom. The van der Waals surface area contributed by atoms with Gasteiger partial charge < -0.3 is 10.6 Å². The maximum atomic E-state index is 13.2. The van der Waals surface area contributed by atoms with Gasteiger partial charge in [0.05, 0.1) is 15.8 Å². The molecule has 1 atom stereocenters. The molecule has 0 aromatic heterocycles. The number of thioether (sulfide) groups is 1. The third-order valence-electron chi connectivity index (χ3n) is 6.12. The van der Waals surface area contributed by atoms with Gasteiger partial charge in [-0.15, -0.1) is 11.8 Å². The van der Waals surface area contributed by atoms with E-state index in [1.54, 1.807) is 12.1 Å². The summed E-state index contributed by atoms with van der Waals surface area (Å²) in [6, 6.07) is 10.7. The zero-order valence-electron chi connectivity index (χ0n) is 18.3. The van der Waals surface area contributed by atoms with Gasteiger partial charge in [-0.2, -0.15) is 4.31 Å². The van der Waals surface area contributed by atoms with Gasteiger partial charge in [-0.3, -0.25) is 9.59 Å². The smallest absolute Gasteiger partial charge is 0.243 e. The van der Waals surface area contributed by atoms with E-state index < -0.39 is 10.0 Å². The summed E-state index contributed by atoms with van der Waals surface area (Å²) < 4.78 is 27.7. The van der Waals surface area contributed by atoms with Crippen LogP contribution in [-0.4, -0.2) is 42.9 Å². The average Bonchev–Trinajstić information content (AvgIpc) is 2.77. The van der Waals surface area contributed by atoms with Crippen LogP contribution in [0.3, 0.4) is 0 Å². The van der Waals surface area contributed by atoms with Gasteiger partial charge in [-0.25, -0.2) is 8.42 Å². The first kappa shape index (κ1) is 22.8. The Hall–Kier alpha value is -2.36. The lowest BCUT2D eigenvalue weighted by Crippen LogP contribution is -2.41. The molecule has 0 bridgehead atoms. The van der Waals surface area contributed by atoms with E-state index in [1.165, 1.54) is 22.1 Å². The number of nitrogens with zero attached hydrogens (tertiary/aromatic N) is 1. The van der Waals surface area contributed by atoms with Gasteiger partial charge in [0.2, 0.25) is 21.8 Å². The molecule has 9 heteroatoms. The minimum Gasteiger partial charge on any atom is -0.326 e. The molecule has 170 valence electrons. The molecule has 2 aromatic carbocycles. The predicted octanol–water partition coefficient (Wildman–Crippen LogP) is 3.78. The monoisotopic (exact) mass is 473 g/mol. The Morgan fingerprint density at radius 2 is 1.81 bits per heavy atom. The Bertz CT molecular complexity index is 1170. The van der Waals surface area contributed by atoms with E-state index in [4.69, 9.17) is 0 Å². The molecule has 2 N–H and O–H groups in total. The number of hydrogen-bond donors (Lipinski definition) is 2. The van der Waals surface area contributed by atoms with Crippen molar-refractivity contribution in [2.45, 2.75) is 48.7 Å². The number of nitrogens with one attached hydrogen (secondary N) is 2. The van der Waals surface area contributed by atoms with E-state index in [0.29, 0.717) is 18.5 Å². The summed E-state index contributed by atoms with van der Waals surface area (Å²) >= 11 is 1.42. The van der Waals surface area contributed by atoms with E-state index >= 15 is 0 Å². The van der Waals surface area contributed by atoms with E-state index in [9.17, 15) is 18.0 Å². The highest BCUT2D eigenvalue weighted by Gasteiger charge is 2.33. The molecule has 2 amide bonds. The Balaban J connectivity index is 1.41. The molecule has 1 fully saturated rings. The van der Waals surface area contributed by atoms with Gasteiger partial charge in [-0.05, 0) is 75.1 Å². The zero-order chi connectivity index (χ0) is 23.0. The Kier molecular flexibility index (Phi) is 6.33. The highest BCUT2D eigenvalue weighted by Crippen LogP contribution is 2.37. The normalized spacial score (nSPS) is 19.8. The summed E-state index contributed by atoms with van der Waals surface area (Å²) in [4.78, 5) is 25.7. The van der Waals surface area contributed by atoms with Crippen molar-refractivity contribution in [3.05, 3.63) is 47.5 Å². The topological polar surface area (TPSA) is 95.6 Å². The molecule has 2 aliphatic heterocycles. The molecule has 0 radical (unpaired) electrons. The Morgan fingerprint density at radius 1 is 1.09 bits per heavy atom. The van der Waals surface area contributed by atoms with Crippen molar-refractivity contribution < 1.29 is 18.0 Å². The Labute approximate surface area is 193 Å². The number of anilines is 2. The molecule has 0 saturated carbocycles. The molecule has 2 heterocycles. The van der Waals surface area contributed by atoms with Crippen molar-refractivity contribution in [2.75, 3.05) is 23.7 Å². The number of piperidine rings is 1. The molecular weight excluding hydrogens is 446 g/mol. The lowest BCUT2D eigenvalue weighted by atomic mass is 9.97. The van der Waals surface area contributed by atoms with Crippen LogP contribution in [0.15, 0.2) is 46.2 Å². The van der Waals surface area contributed by atoms with Crippen molar-refractivity contribution in [1.29, 1.82) is 0 Å². The largest absolute Gasteiger partial charge is 0.326 e. The maximum Gasteiger partial charge on any atom is 0.243 e. The van der Waals surface area contributed by atoms with E-state index in [0.717, 1.165) is 21.7 Å². The van der Waals surface area contributed by atoms with Gasteiger partial charge >= 0.3 is 0 Å². The standard InChI is InChI=1S/C23H27N3O4S2/c1-14-4-5-18(12-15(14)2)24-23(28)17-8-10-26(11-9-17)32(29,30)19-6-7-21-20(13-19)25-22(27)16(3)31-21/h4-7,12-13,16-17H,8-11H2,1-3H3,(H,24,28)(H,25,27)/t16-/m1/s1. The van der Waals surface area contributed by atoms with Gasteiger partial charge in [-0.1, -0.05) is 6.07 Å². The number of carbonyl (C=O) groups is 2. The molecule has 1 saturated heterocycles. The van der Waals surface area contributed by atoms with Crippen molar-refractivity contribution >= 4 is 45.0 Å². The first-order valence-electron chi connectivity index (χ1n) is 10.6. The molecule has 2 aliphatic rings. The summed E-state index contributed by atoms with van der Waals surface area (Å²) in [6.45, 7) is 6.39. The molecular formula is C23H27N3O4S2. The van der Waals surface area contributed by atoms with Crippen LogP contribution in [0, 0.1) is 19.8 Å². The highest BCUT2D eigenvalue weighted by molar-refractivity contribution is 8.01. The summed E-state index contributed by atoms with van der Waals surface area (Å²) in [5.41, 5.74) is 3.56. The molecule has 2 aromatic rings. The summed E-state index contributed by atoms with van der Waals surface area (Å²) in [7, 11) is -3.70. The fourth-order valence-electron chi connectivity index (χ4n) is 3.92. The lowest BCUT2D eigenvalue weighted by molar-refractivity contribution is -0.121. The first-order chi connectivity index (χ1) is 15.1. The third kappa shape index (κ3) is 4.55. The summed E-state index contributed by atoms with van der Waals surface area (Å²) in [6.07, 6.45) is 0.926. The van der Waals surface area contributed by atoms with E-state index in [2.05, 4.69) is 10.6 Å². The van der Waals surface area contributed by atoms with Gasteiger partial charge in [0.1, 0.15) is 0 Å². The van der Waals surface area contributed by atoms with Gasteiger partial charge in [0.25, 0.3) is 0 Å². The number of carbonyl (C=O) groups excluding carboxylic acids is 2. The number of benzene rings is 2. The number of sulfonamides is 1. The third-order valence-corrected chi connectivity index (χ3v) is 9.19. The minimum absolute atomic E-state index is 0.0760. The molecule has 0 unspecified atom stereocenters.